The number of Topliss-reactive ketones (excluding diaryl/α,β-unsaturated/α-hetero) is 1. The summed E-state index contributed by atoms with van der Waals surface area (Å²) in [5.74, 6) is 2.79. The Kier molecular flexibility index (Phi) is 5.01. The van der Waals surface area contributed by atoms with E-state index in [-0.39, 0.29) is 37.7 Å². The van der Waals surface area contributed by atoms with E-state index in [1.165, 1.54) is 5.56 Å². The quantitative estimate of drug-likeness (QED) is 0.432. The molecule has 0 saturated carbocycles. The number of rotatable bonds is 3. The molecule has 0 atom stereocenters. The summed E-state index contributed by atoms with van der Waals surface area (Å²) in [6.07, 6.45) is 0.817. The maximum absolute atomic E-state index is 13.1. The Morgan fingerprint density at radius 2 is 1.73 bits per heavy atom. The van der Waals surface area contributed by atoms with Gasteiger partial charge in [-0.2, -0.15) is 4.57 Å². The van der Waals surface area contributed by atoms with Gasteiger partial charge >= 0.3 is 0 Å². The number of allylic oxidation sites excluding steroid dienone is 1. The maximum atomic E-state index is 13.1. The summed E-state index contributed by atoms with van der Waals surface area (Å²) in [6.45, 7) is 11.3. The average Bonchev–Trinajstić information content (AvgIpc) is 3.45. The number of nitrogens with zero attached hydrogens (tertiary/aromatic N) is 1. The van der Waals surface area contributed by atoms with Crippen LogP contribution in [0.25, 0.3) is 27.6 Å². The predicted molar refractivity (Wildman–Crippen MR) is 119 cm³/mol. The Balaban J connectivity index is 0.00000228. The number of benzene rings is 2. The van der Waals surface area contributed by atoms with E-state index in [9.17, 15) is 4.79 Å². The van der Waals surface area contributed by atoms with Crippen LogP contribution >= 0.6 is 0 Å². The number of hydrogen-bond donors (Lipinski definition) is 0. The molecule has 0 amide bonds. The van der Waals surface area contributed by atoms with Crippen LogP contribution in [-0.4, -0.2) is 19.4 Å². The van der Waals surface area contributed by atoms with Crippen molar-refractivity contribution in [3.05, 3.63) is 47.7 Å². The molecule has 0 saturated heterocycles. The molecule has 1 aromatic heterocycles. The Morgan fingerprint density at radius 3 is 2.48 bits per heavy atom. The first-order valence-corrected chi connectivity index (χ1v) is 10.9. The highest BCUT2D eigenvalue weighted by atomic mass is 35.5. The highest BCUT2D eigenvalue weighted by Crippen LogP contribution is 2.46. The van der Waals surface area contributed by atoms with Crippen molar-refractivity contribution in [1.29, 1.82) is 0 Å². The van der Waals surface area contributed by atoms with E-state index in [0.717, 1.165) is 57.8 Å². The molecule has 0 aliphatic carbocycles. The van der Waals surface area contributed by atoms with Gasteiger partial charge in [0.15, 0.2) is 35.3 Å². The zero-order valence-electron chi connectivity index (χ0n) is 18.8. The van der Waals surface area contributed by atoms with Crippen LogP contribution in [0.4, 0.5) is 0 Å². The third-order valence-electron chi connectivity index (χ3n) is 6.64. The summed E-state index contributed by atoms with van der Waals surface area (Å²) in [5, 5.41) is 1.92. The fraction of sp³-hybridized carbons (Fsp3) is 0.308. The molecule has 0 unspecified atom stereocenters. The maximum Gasteiger partial charge on any atom is 0.231 e. The SMILES string of the molecule is C=C(C(=O)C(C)C)c1c2c3c(ccc2c(C)c2[n+]1CCc1cc4c(cc1-2)OCO4)OCO3.[Cl-]. The van der Waals surface area contributed by atoms with Gasteiger partial charge in [0.25, 0.3) is 0 Å². The normalized spacial score (nSPS) is 14.7. The number of halogens is 1. The van der Waals surface area contributed by atoms with Crippen molar-refractivity contribution in [3.8, 4) is 34.3 Å². The molecule has 3 aliphatic rings. The Morgan fingerprint density at radius 1 is 1.03 bits per heavy atom. The first kappa shape index (κ1) is 21.6. The van der Waals surface area contributed by atoms with E-state index in [1.54, 1.807) is 0 Å². The molecule has 170 valence electrons. The molecule has 7 heteroatoms. The first-order chi connectivity index (χ1) is 15.5. The number of pyridine rings is 1. The van der Waals surface area contributed by atoms with Crippen molar-refractivity contribution < 1.29 is 40.7 Å². The molecule has 3 aromatic rings. The number of carbonyl (C=O) groups excluding carboxylic acids is 1. The summed E-state index contributed by atoms with van der Waals surface area (Å²) in [5.41, 5.74) is 5.81. The molecule has 0 radical (unpaired) electrons. The van der Waals surface area contributed by atoms with Gasteiger partial charge in [0.2, 0.25) is 25.0 Å². The summed E-state index contributed by atoms with van der Waals surface area (Å²) >= 11 is 0. The third-order valence-corrected chi connectivity index (χ3v) is 6.64. The van der Waals surface area contributed by atoms with Crippen LogP contribution in [0, 0.1) is 12.8 Å². The van der Waals surface area contributed by atoms with Gasteiger partial charge in [-0.25, -0.2) is 0 Å². The molecule has 3 aliphatic heterocycles. The topological polar surface area (TPSA) is 57.9 Å². The molecule has 2 aromatic carbocycles. The second-order valence-electron chi connectivity index (χ2n) is 8.81. The van der Waals surface area contributed by atoms with Crippen LogP contribution in [-0.2, 0) is 17.8 Å². The van der Waals surface area contributed by atoms with Crippen molar-refractivity contribution in [2.24, 2.45) is 5.92 Å². The zero-order valence-corrected chi connectivity index (χ0v) is 19.5. The number of carbonyl (C=O) groups is 1. The molecule has 0 bridgehead atoms. The van der Waals surface area contributed by atoms with Crippen LogP contribution < -0.4 is 35.9 Å². The summed E-state index contributed by atoms with van der Waals surface area (Å²) < 4.78 is 25.1. The van der Waals surface area contributed by atoms with E-state index < -0.39 is 0 Å². The van der Waals surface area contributed by atoms with E-state index >= 15 is 0 Å². The number of ketones is 1. The van der Waals surface area contributed by atoms with Crippen LogP contribution in [0.2, 0.25) is 0 Å². The molecule has 0 spiro atoms. The lowest BCUT2D eigenvalue weighted by Crippen LogP contribution is -3.00. The Hall–Kier alpha value is -3.25. The molecular formula is C26H24ClNO5. The summed E-state index contributed by atoms with van der Waals surface area (Å²) in [4.78, 5) is 13.1. The van der Waals surface area contributed by atoms with Crippen LogP contribution in [0.3, 0.4) is 0 Å². The lowest BCUT2D eigenvalue weighted by molar-refractivity contribution is -0.688. The largest absolute Gasteiger partial charge is 1.00 e. The van der Waals surface area contributed by atoms with Crippen molar-refractivity contribution in [1.82, 2.24) is 0 Å². The van der Waals surface area contributed by atoms with Crippen molar-refractivity contribution >= 4 is 22.1 Å². The van der Waals surface area contributed by atoms with E-state index in [2.05, 4.69) is 36.3 Å². The molecule has 4 heterocycles. The van der Waals surface area contributed by atoms with Gasteiger partial charge in [0.1, 0.15) is 5.39 Å². The number of ether oxygens (including phenoxy) is 4. The number of aryl methyl sites for hydroxylation is 2. The fourth-order valence-electron chi connectivity index (χ4n) is 5.09. The van der Waals surface area contributed by atoms with E-state index in [0.29, 0.717) is 17.1 Å². The summed E-state index contributed by atoms with van der Waals surface area (Å²) in [6, 6.07) is 8.13. The van der Waals surface area contributed by atoms with Crippen molar-refractivity contribution in [3.63, 3.8) is 0 Å². The van der Waals surface area contributed by atoms with Crippen LogP contribution in [0.15, 0.2) is 30.8 Å². The molecular weight excluding hydrogens is 442 g/mol. The lowest BCUT2D eigenvalue weighted by Gasteiger charge is -2.22. The van der Waals surface area contributed by atoms with Gasteiger partial charge in [-0.3, -0.25) is 4.79 Å². The predicted octanol–water partition coefficient (Wildman–Crippen LogP) is 1.36. The van der Waals surface area contributed by atoms with Gasteiger partial charge in [-0.1, -0.05) is 20.4 Å². The third kappa shape index (κ3) is 3.00. The van der Waals surface area contributed by atoms with Crippen molar-refractivity contribution in [2.75, 3.05) is 13.6 Å². The number of hydrogen-bond acceptors (Lipinski definition) is 5. The van der Waals surface area contributed by atoms with Gasteiger partial charge in [-0.15, -0.1) is 0 Å². The second kappa shape index (κ2) is 7.66. The first-order valence-electron chi connectivity index (χ1n) is 10.9. The van der Waals surface area contributed by atoms with Crippen LogP contribution in [0.5, 0.6) is 23.0 Å². The van der Waals surface area contributed by atoms with Gasteiger partial charge in [0.05, 0.1) is 11.1 Å². The average molecular weight is 466 g/mol. The standard InChI is InChI=1S/C26H24NO5.ClH/c1-13(2)25(28)15(4)24-22-17(5-6-19-26(22)32-12-29-19)14(3)23-18-10-21-20(30-11-31-21)9-16(18)7-8-27(23)24;/h5-6,9-10,13H,4,7-8,11-12H2,1-3H3;1H/q+1;/p-1. The number of aromatic nitrogens is 1. The Bertz CT molecular complexity index is 1360. The minimum Gasteiger partial charge on any atom is -1.00 e. The molecule has 6 nitrogen and oxygen atoms in total. The summed E-state index contributed by atoms with van der Waals surface area (Å²) in [7, 11) is 0. The molecule has 33 heavy (non-hydrogen) atoms. The molecule has 6 rings (SSSR count). The van der Waals surface area contributed by atoms with Crippen molar-refractivity contribution in [2.45, 2.75) is 33.7 Å². The highest BCUT2D eigenvalue weighted by molar-refractivity contribution is 6.23. The van der Waals surface area contributed by atoms with Gasteiger partial charge < -0.3 is 31.4 Å². The minimum atomic E-state index is -0.159. The van der Waals surface area contributed by atoms with Crippen LogP contribution in [0.1, 0.15) is 30.7 Å². The highest BCUT2D eigenvalue weighted by Gasteiger charge is 2.38. The molecule has 0 fully saturated rings. The zero-order chi connectivity index (χ0) is 22.1. The van der Waals surface area contributed by atoms with Gasteiger partial charge in [0, 0.05) is 23.3 Å². The minimum absolute atomic E-state index is 0. The molecule has 0 N–H and O–H groups in total. The monoisotopic (exact) mass is 465 g/mol. The fourth-order valence-corrected chi connectivity index (χ4v) is 5.09. The Labute approximate surface area is 198 Å². The second-order valence-corrected chi connectivity index (χ2v) is 8.81. The number of fused-ring (bicyclic) bond motifs is 7. The lowest BCUT2D eigenvalue weighted by atomic mass is 9.87. The van der Waals surface area contributed by atoms with E-state index in [4.69, 9.17) is 18.9 Å². The van der Waals surface area contributed by atoms with Gasteiger partial charge in [-0.05, 0) is 36.8 Å². The van der Waals surface area contributed by atoms with E-state index in [1.807, 2.05) is 19.9 Å². The smallest absolute Gasteiger partial charge is 0.231 e.